The van der Waals surface area contributed by atoms with E-state index in [2.05, 4.69) is 4.57 Å². The molecule has 0 aliphatic carbocycles. The smallest absolute Gasteiger partial charge is 0.416 e. The Hall–Kier alpha value is -4.15. The van der Waals surface area contributed by atoms with E-state index in [0.717, 1.165) is 46.4 Å². The summed E-state index contributed by atoms with van der Waals surface area (Å²) < 4.78 is 85.9. The van der Waals surface area contributed by atoms with Crippen LogP contribution in [0.4, 0.5) is 31.1 Å². The van der Waals surface area contributed by atoms with Gasteiger partial charge < -0.3 is 19.1 Å². The van der Waals surface area contributed by atoms with Crippen LogP contribution in [0.25, 0.3) is 10.9 Å². The van der Waals surface area contributed by atoms with Crippen LogP contribution in [0, 0.1) is 0 Å². The van der Waals surface area contributed by atoms with Crippen molar-refractivity contribution in [2.75, 3.05) is 20.2 Å². The van der Waals surface area contributed by atoms with E-state index < -0.39 is 23.5 Å². The molecule has 2 amide bonds. The van der Waals surface area contributed by atoms with Crippen molar-refractivity contribution < 1.29 is 35.9 Å². The van der Waals surface area contributed by atoms with Crippen molar-refractivity contribution in [2.45, 2.75) is 37.9 Å². The van der Waals surface area contributed by atoms with Crippen molar-refractivity contribution >= 4 is 16.9 Å². The lowest BCUT2D eigenvalue weighted by Crippen LogP contribution is -2.37. The first-order valence-corrected chi connectivity index (χ1v) is 13.0. The highest BCUT2D eigenvalue weighted by Gasteiger charge is 2.44. The Balaban J connectivity index is 1.36. The summed E-state index contributed by atoms with van der Waals surface area (Å²) in [5.74, 6) is 0.667. The zero-order valence-electron chi connectivity index (χ0n) is 21.9. The first-order chi connectivity index (χ1) is 19.4. The second-order valence-corrected chi connectivity index (χ2v) is 10.3. The van der Waals surface area contributed by atoms with Crippen LogP contribution >= 0.6 is 0 Å². The molecule has 1 saturated heterocycles. The van der Waals surface area contributed by atoms with Gasteiger partial charge in [0.05, 0.1) is 24.3 Å². The van der Waals surface area contributed by atoms with E-state index in [-0.39, 0.29) is 18.6 Å². The number of carbonyl (C=O) groups is 1. The Morgan fingerprint density at radius 2 is 1.41 bits per heavy atom. The Morgan fingerprint density at radius 1 is 0.829 bits per heavy atom. The van der Waals surface area contributed by atoms with Gasteiger partial charge >= 0.3 is 18.4 Å². The van der Waals surface area contributed by atoms with E-state index in [1.807, 2.05) is 18.2 Å². The Kier molecular flexibility index (Phi) is 6.43. The van der Waals surface area contributed by atoms with Crippen LogP contribution in [0.5, 0.6) is 5.75 Å². The maximum absolute atomic E-state index is 13.4. The van der Waals surface area contributed by atoms with Gasteiger partial charge in [-0.15, -0.1) is 0 Å². The predicted molar refractivity (Wildman–Crippen MR) is 139 cm³/mol. The van der Waals surface area contributed by atoms with Crippen LogP contribution < -0.4 is 4.74 Å². The van der Waals surface area contributed by atoms with Gasteiger partial charge in [-0.3, -0.25) is 0 Å². The summed E-state index contributed by atoms with van der Waals surface area (Å²) in [5, 5.41) is 0.958. The second kappa shape index (κ2) is 9.74. The second-order valence-electron chi connectivity index (χ2n) is 10.3. The first kappa shape index (κ1) is 27.0. The molecule has 6 rings (SSSR count). The molecule has 0 N–H and O–H groups in total. The summed E-state index contributed by atoms with van der Waals surface area (Å²) in [6.45, 7) is 1.25. The van der Waals surface area contributed by atoms with Gasteiger partial charge in [-0.2, -0.15) is 26.3 Å². The highest BCUT2D eigenvalue weighted by molar-refractivity contribution is 5.89. The number of amides is 2. The van der Waals surface area contributed by atoms with Gasteiger partial charge in [0.25, 0.3) is 0 Å². The van der Waals surface area contributed by atoms with E-state index in [9.17, 15) is 31.1 Å². The summed E-state index contributed by atoms with van der Waals surface area (Å²) in [7, 11) is 1.57. The number of nitrogens with zero attached hydrogens (tertiary/aromatic N) is 3. The van der Waals surface area contributed by atoms with Crippen molar-refractivity contribution in [3.63, 3.8) is 0 Å². The van der Waals surface area contributed by atoms with Gasteiger partial charge in [-0.1, -0.05) is 24.3 Å². The van der Waals surface area contributed by atoms with Crippen molar-refractivity contribution in [2.24, 2.45) is 0 Å². The van der Waals surface area contributed by atoms with Gasteiger partial charge in [0.1, 0.15) is 5.75 Å². The average molecular weight is 574 g/mol. The monoisotopic (exact) mass is 573 g/mol. The lowest BCUT2D eigenvalue weighted by Gasteiger charge is -2.30. The number of aromatic nitrogens is 1. The molecule has 41 heavy (non-hydrogen) atoms. The summed E-state index contributed by atoms with van der Waals surface area (Å²) in [6.07, 6.45) is -8.30. The van der Waals surface area contributed by atoms with E-state index in [0.29, 0.717) is 42.9 Å². The van der Waals surface area contributed by atoms with Crippen molar-refractivity contribution in [3.8, 4) is 5.75 Å². The summed E-state index contributed by atoms with van der Waals surface area (Å²) in [4.78, 5) is 16.8. The van der Waals surface area contributed by atoms with Gasteiger partial charge in [0, 0.05) is 42.8 Å². The minimum atomic E-state index is -4.44. The highest BCUT2D eigenvalue weighted by atomic mass is 19.4. The number of hydrogen-bond acceptors (Lipinski definition) is 2. The molecule has 0 radical (unpaired) electrons. The molecule has 0 bridgehead atoms. The third kappa shape index (κ3) is 4.87. The highest BCUT2D eigenvalue weighted by Crippen LogP contribution is 2.42. The molecule has 3 aromatic carbocycles. The molecule has 0 saturated carbocycles. The molecule has 3 heterocycles. The molecule has 1 atom stereocenters. The topological polar surface area (TPSA) is 37.7 Å². The van der Waals surface area contributed by atoms with Crippen LogP contribution in [-0.2, 0) is 31.9 Å². The van der Waals surface area contributed by atoms with Crippen LogP contribution in [0.3, 0.4) is 0 Å². The number of benzene rings is 3. The lowest BCUT2D eigenvalue weighted by molar-refractivity contribution is -0.138. The first-order valence-electron chi connectivity index (χ1n) is 13.0. The quantitative estimate of drug-likeness (QED) is 0.236. The fourth-order valence-corrected chi connectivity index (χ4v) is 5.92. The standard InChI is InChI=1S/C30H25F6N3O2/c1-41-22-10-11-25-24(14-22)23-12-13-38-26(27(23)39(25)16-19-4-8-21(9-5-19)30(34,35)36)17-37(28(38)40)15-18-2-6-20(7-3-18)29(31,32)33/h2-11,14,26H,12-13,15-17H2,1H3. The van der Waals surface area contributed by atoms with E-state index >= 15 is 0 Å². The van der Waals surface area contributed by atoms with Crippen molar-refractivity contribution in [3.05, 3.63) is 100 Å². The fourth-order valence-electron chi connectivity index (χ4n) is 5.92. The molecule has 4 aromatic rings. The average Bonchev–Trinajstić information content (AvgIpc) is 3.42. The van der Waals surface area contributed by atoms with Crippen molar-refractivity contribution in [1.82, 2.24) is 14.4 Å². The number of hydrogen-bond donors (Lipinski definition) is 0. The minimum absolute atomic E-state index is 0.159. The zero-order chi connectivity index (χ0) is 29.1. The molecule has 214 valence electrons. The minimum Gasteiger partial charge on any atom is -0.497 e. The maximum atomic E-state index is 13.4. The number of halogens is 6. The van der Waals surface area contributed by atoms with Gasteiger partial charge in [0.15, 0.2) is 0 Å². The number of rotatable bonds is 5. The molecule has 1 aromatic heterocycles. The molecule has 5 nitrogen and oxygen atoms in total. The molecule has 1 unspecified atom stereocenters. The number of ether oxygens (including phenoxy) is 1. The molecule has 1 fully saturated rings. The normalized spacial score (nSPS) is 17.2. The molecular weight excluding hydrogens is 548 g/mol. The molecular formula is C30H25F6N3O2. The van der Waals surface area contributed by atoms with Crippen molar-refractivity contribution in [1.29, 1.82) is 0 Å². The van der Waals surface area contributed by atoms with Gasteiger partial charge in [-0.25, -0.2) is 4.79 Å². The molecule has 2 aliphatic rings. The largest absolute Gasteiger partial charge is 0.497 e. The fraction of sp³-hybridized carbons (Fsp3) is 0.300. The van der Waals surface area contributed by atoms with Crippen LogP contribution in [-0.4, -0.2) is 40.6 Å². The molecule has 11 heteroatoms. The number of carbonyl (C=O) groups excluding carboxylic acids is 1. The summed E-state index contributed by atoms with van der Waals surface area (Å²) >= 11 is 0. The van der Waals surface area contributed by atoms with Crippen LogP contribution in [0.1, 0.15) is 39.6 Å². The number of urea groups is 1. The van der Waals surface area contributed by atoms with E-state index in [1.54, 1.807) is 16.9 Å². The van der Waals surface area contributed by atoms with Crippen LogP contribution in [0.2, 0.25) is 0 Å². The van der Waals surface area contributed by atoms with Crippen LogP contribution in [0.15, 0.2) is 66.7 Å². The van der Waals surface area contributed by atoms with Gasteiger partial charge in [-0.05, 0) is 65.6 Å². The third-order valence-corrected chi connectivity index (χ3v) is 7.90. The lowest BCUT2D eigenvalue weighted by atomic mass is 9.98. The van der Waals surface area contributed by atoms with Gasteiger partial charge in [0.2, 0.25) is 0 Å². The summed E-state index contributed by atoms with van der Waals surface area (Å²) in [6, 6.07) is 15.0. The van der Waals surface area contributed by atoms with E-state index in [1.165, 1.54) is 24.3 Å². The summed E-state index contributed by atoms with van der Waals surface area (Å²) in [5.41, 5.74) is 2.62. The Labute approximate surface area is 231 Å². The molecule has 2 aliphatic heterocycles. The van der Waals surface area contributed by atoms with E-state index in [4.69, 9.17) is 4.74 Å². The predicted octanol–water partition coefficient (Wildman–Crippen LogP) is 7.27. The number of methoxy groups -OCH3 is 1. The maximum Gasteiger partial charge on any atom is 0.416 e. The number of alkyl halides is 6. The Bertz CT molecular complexity index is 1610. The third-order valence-electron chi connectivity index (χ3n) is 7.90. The Morgan fingerprint density at radius 3 is 1.98 bits per heavy atom. The number of fused-ring (bicyclic) bond motifs is 5. The zero-order valence-corrected chi connectivity index (χ0v) is 21.9. The SMILES string of the molecule is COc1ccc2c(c1)c1c(n2Cc2ccc(C(F)(F)F)cc2)C2CN(Cc3ccc(C(F)(F)F)cc3)C(=O)N2CC1. The molecule has 0 spiro atoms.